The Balaban J connectivity index is 2.09. The van der Waals surface area contributed by atoms with Crippen LogP contribution < -0.4 is 0 Å². The maximum absolute atomic E-state index is 8.59. The predicted octanol–water partition coefficient (Wildman–Crippen LogP) is -0.504. The smallest absolute Gasteiger partial charge is 0.427 e. The van der Waals surface area contributed by atoms with Crippen LogP contribution in [0.5, 0.6) is 0 Å². The van der Waals surface area contributed by atoms with Gasteiger partial charge in [0.15, 0.2) is 0 Å². The molecule has 1 rings (SSSR count). The minimum absolute atomic E-state index is 0.0740. The second kappa shape index (κ2) is 2.69. The molecule has 2 N–H and O–H groups in total. The number of rotatable bonds is 3. The van der Waals surface area contributed by atoms with Crippen LogP contribution in [0, 0.1) is 5.92 Å². The van der Waals surface area contributed by atoms with E-state index < -0.39 is 7.12 Å². The van der Waals surface area contributed by atoms with E-state index in [0.717, 1.165) is 6.42 Å². The van der Waals surface area contributed by atoms with Crippen LogP contribution in [0.15, 0.2) is 0 Å². The van der Waals surface area contributed by atoms with E-state index in [2.05, 4.69) is 0 Å². The summed E-state index contributed by atoms with van der Waals surface area (Å²) in [5, 5.41) is 17.2. The Hall–Kier alpha value is -0.0551. The fraction of sp³-hybridized carbons (Fsp3) is 1.00. The molecule has 3 nitrogen and oxygen atoms in total. The Morgan fingerprint density at radius 3 is 2.67 bits per heavy atom. The van der Waals surface area contributed by atoms with Crippen molar-refractivity contribution in [1.29, 1.82) is 0 Å². The van der Waals surface area contributed by atoms with Gasteiger partial charge in [-0.3, -0.25) is 0 Å². The van der Waals surface area contributed by atoms with E-state index in [1.54, 1.807) is 7.11 Å². The van der Waals surface area contributed by atoms with E-state index in [1.807, 2.05) is 0 Å². The molecule has 0 spiro atoms. The summed E-state index contributed by atoms with van der Waals surface area (Å²) >= 11 is 0. The summed E-state index contributed by atoms with van der Waals surface area (Å²) in [6.45, 7) is 0.655. The second-order valence-corrected chi connectivity index (χ2v) is 2.53. The lowest BCUT2D eigenvalue weighted by atomic mass is 9.82. The van der Waals surface area contributed by atoms with Gasteiger partial charge in [0.1, 0.15) is 0 Å². The van der Waals surface area contributed by atoms with Crippen molar-refractivity contribution in [2.75, 3.05) is 13.7 Å². The molecule has 0 aromatic heterocycles. The molecule has 4 heteroatoms. The third kappa shape index (κ3) is 1.68. The van der Waals surface area contributed by atoms with Crippen LogP contribution in [0.4, 0.5) is 0 Å². The van der Waals surface area contributed by atoms with Crippen molar-refractivity contribution in [3.63, 3.8) is 0 Å². The number of ether oxygens (including phenoxy) is 1. The topological polar surface area (TPSA) is 49.7 Å². The van der Waals surface area contributed by atoms with Gasteiger partial charge in [0.25, 0.3) is 0 Å². The molecule has 2 atom stereocenters. The van der Waals surface area contributed by atoms with E-state index >= 15 is 0 Å². The minimum atomic E-state index is -1.13. The van der Waals surface area contributed by atoms with E-state index in [1.165, 1.54) is 0 Å². The lowest BCUT2D eigenvalue weighted by molar-refractivity contribution is 0.184. The van der Waals surface area contributed by atoms with E-state index in [-0.39, 0.29) is 5.82 Å². The van der Waals surface area contributed by atoms with Crippen molar-refractivity contribution in [2.24, 2.45) is 5.92 Å². The molecule has 0 saturated heterocycles. The van der Waals surface area contributed by atoms with Crippen LogP contribution in [-0.4, -0.2) is 30.9 Å². The van der Waals surface area contributed by atoms with Crippen LogP contribution in [0.2, 0.25) is 5.82 Å². The van der Waals surface area contributed by atoms with Gasteiger partial charge in [0.2, 0.25) is 0 Å². The van der Waals surface area contributed by atoms with E-state index in [9.17, 15) is 0 Å². The largest absolute Gasteiger partial charge is 0.455 e. The Bertz CT molecular complexity index is 96.2. The Morgan fingerprint density at radius 2 is 2.33 bits per heavy atom. The number of methoxy groups -OCH3 is 1. The van der Waals surface area contributed by atoms with Gasteiger partial charge in [0.05, 0.1) is 0 Å². The van der Waals surface area contributed by atoms with Crippen molar-refractivity contribution in [3.8, 4) is 0 Å². The molecule has 9 heavy (non-hydrogen) atoms. The van der Waals surface area contributed by atoms with Gasteiger partial charge in [-0.1, -0.05) is 0 Å². The molecule has 0 aromatic carbocycles. The lowest BCUT2D eigenvalue weighted by Gasteiger charge is -1.95. The van der Waals surface area contributed by atoms with Crippen molar-refractivity contribution >= 4 is 7.12 Å². The Labute approximate surface area is 54.8 Å². The summed E-state index contributed by atoms with van der Waals surface area (Å²) in [5.41, 5.74) is 0. The highest BCUT2D eigenvalue weighted by Gasteiger charge is 2.45. The zero-order chi connectivity index (χ0) is 6.85. The minimum Gasteiger partial charge on any atom is -0.427 e. The van der Waals surface area contributed by atoms with Gasteiger partial charge in [-0.05, 0) is 18.2 Å². The molecule has 1 fully saturated rings. The molecule has 0 aliphatic heterocycles. The average molecular weight is 130 g/mol. The fourth-order valence-corrected chi connectivity index (χ4v) is 1.04. The van der Waals surface area contributed by atoms with Crippen LogP contribution in [0.3, 0.4) is 0 Å². The first kappa shape index (κ1) is 7.06. The SMILES string of the molecule is COCC1CC1B(O)O. The summed E-state index contributed by atoms with van der Waals surface area (Å²) in [6, 6.07) is 0. The standard InChI is InChI=1S/C5H11BO3/c1-9-3-4-2-5(4)6(7)8/h4-5,7-8H,2-3H2,1H3. The van der Waals surface area contributed by atoms with Crippen LogP contribution in [0.1, 0.15) is 6.42 Å². The monoisotopic (exact) mass is 130 g/mol. The maximum atomic E-state index is 8.59. The van der Waals surface area contributed by atoms with Gasteiger partial charge in [-0.15, -0.1) is 0 Å². The molecule has 52 valence electrons. The number of hydrogen-bond donors (Lipinski definition) is 2. The second-order valence-electron chi connectivity index (χ2n) is 2.53. The van der Waals surface area contributed by atoms with Gasteiger partial charge >= 0.3 is 7.12 Å². The molecule has 0 amide bonds. The van der Waals surface area contributed by atoms with Gasteiger partial charge in [-0.2, -0.15) is 0 Å². The average Bonchev–Trinajstić information content (AvgIpc) is 2.47. The van der Waals surface area contributed by atoms with Gasteiger partial charge in [0, 0.05) is 13.7 Å². The van der Waals surface area contributed by atoms with Crippen molar-refractivity contribution in [2.45, 2.75) is 12.2 Å². The lowest BCUT2D eigenvalue weighted by Crippen LogP contribution is -2.12. The molecule has 0 bridgehead atoms. The zero-order valence-electron chi connectivity index (χ0n) is 5.45. The first-order valence-corrected chi connectivity index (χ1v) is 3.10. The third-order valence-corrected chi connectivity index (χ3v) is 1.74. The highest BCUT2D eigenvalue weighted by atomic mass is 16.5. The Kier molecular flexibility index (Phi) is 2.11. The summed E-state index contributed by atoms with van der Waals surface area (Å²) in [7, 11) is 0.490. The Morgan fingerprint density at radius 1 is 1.67 bits per heavy atom. The maximum Gasteiger partial charge on any atom is 0.455 e. The van der Waals surface area contributed by atoms with Crippen LogP contribution in [0.25, 0.3) is 0 Å². The normalized spacial score (nSPS) is 32.3. The highest BCUT2D eigenvalue weighted by molar-refractivity contribution is 6.44. The highest BCUT2D eigenvalue weighted by Crippen LogP contribution is 2.45. The molecular weight excluding hydrogens is 119 g/mol. The van der Waals surface area contributed by atoms with Crippen molar-refractivity contribution in [3.05, 3.63) is 0 Å². The van der Waals surface area contributed by atoms with Gasteiger partial charge < -0.3 is 14.8 Å². The fourth-order valence-electron chi connectivity index (χ4n) is 1.04. The number of hydrogen-bond acceptors (Lipinski definition) is 3. The van der Waals surface area contributed by atoms with Crippen molar-refractivity contribution < 1.29 is 14.8 Å². The van der Waals surface area contributed by atoms with E-state index in [0.29, 0.717) is 12.5 Å². The molecule has 2 unspecified atom stereocenters. The summed E-state index contributed by atoms with van der Waals surface area (Å²) in [6.07, 6.45) is 0.894. The first-order chi connectivity index (χ1) is 4.25. The molecule has 0 radical (unpaired) electrons. The molecular formula is C5H11BO3. The van der Waals surface area contributed by atoms with Crippen LogP contribution in [-0.2, 0) is 4.74 Å². The summed E-state index contributed by atoms with van der Waals surface area (Å²) in [5.74, 6) is 0.458. The first-order valence-electron chi connectivity index (χ1n) is 3.10. The quantitative estimate of drug-likeness (QED) is 0.506. The third-order valence-electron chi connectivity index (χ3n) is 1.74. The van der Waals surface area contributed by atoms with E-state index in [4.69, 9.17) is 14.8 Å². The molecule has 0 aromatic rings. The van der Waals surface area contributed by atoms with Crippen molar-refractivity contribution in [1.82, 2.24) is 0 Å². The molecule has 1 aliphatic carbocycles. The van der Waals surface area contributed by atoms with Gasteiger partial charge in [-0.25, -0.2) is 0 Å². The molecule has 0 heterocycles. The zero-order valence-corrected chi connectivity index (χ0v) is 5.45. The molecule has 1 saturated carbocycles. The predicted molar refractivity (Wildman–Crippen MR) is 33.9 cm³/mol. The molecule has 1 aliphatic rings. The van der Waals surface area contributed by atoms with Crippen LogP contribution >= 0.6 is 0 Å². The summed E-state index contributed by atoms with van der Waals surface area (Å²) < 4.78 is 4.82. The summed E-state index contributed by atoms with van der Waals surface area (Å²) in [4.78, 5) is 0.